The van der Waals surface area contributed by atoms with Crippen molar-refractivity contribution in [1.82, 2.24) is 9.29 Å². The summed E-state index contributed by atoms with van der Waals surface area (Å²) in [5, 5.41) is 2.85. The Morgan fingerprint density at radius 3 is 2.59 bits per heavy atom. The molecule has 0 unspecified atom stereocenters. The van der Waals surface area contributed by atoms with Gasteiger partial charge in [-0.25, -0.2) is 12.7 Å². The van der Waals surface area contributed by atoms with Crippen molar-refractivity contribution in [3.63, 3.8) is 0 Å². The highest BCUT2D eigenvalue weighted by molar-refractivity contribution is 7.98. The maximum absolute atomic E-state index is 12.4. The molecule has 0 aliphatic carbocycles. The molecule has 1 aromatic carbocycles. The summed E-state index contributed by atoms with van der Waals surface area (Å²) < 4.78 is 25.9. The van der Waals surface area contributed by atoms with Crippen LogP contribution in [0.5, 0.6) is 0 Å². The summed E-state index contributed by atoms with van der Waals surface area (Å²) in [7, 11) is -0.580. The van der Waals surface area contributed by atoms with Crippen LogP contribution in [0.1, 0.15) is 23.2 Å². The number of rotatable bonds is 8. The number of carbonyl (C=O) groups excluding carboxylic acids is 1. The Balaban J connectivity index is 1.99. The van der Waals surface area contributed by atoms with Gasteiger partial charge in [-0.3, -0.25) is 9.78 Å². The Bertz CT molecular complexity index is 898. The van der Waals surface area contributed by atoms with Crippen molar-refractivity contribution in [3.05, 3.63) is 53.3 Å². The first-order valence-electron chi connectivity index (χ1n) is 8.53. The van der Waals surface area contributed by atoms with Crippen LogP contribution in [0.3, 0.4) is 0 Å². The molecule has 1 heterocycles. The highest BCUT2D eigenvalue weighted by Gasteiger charge is 2.20. The molecule has 0 spiro atoms. The van der Waals surface area contributed by atoms with Crippen LogP contribution in [-0.4, -0.2) is 43.5 Å². The molecule has 8 heteroatoms. The minimum absolute atomic E-state index is 0.134. The molecule has 0 aliphatic heterocycles. The molecule has 0 radical (unpaired) electrons. The fraction of sp³-hybridized carbons (Fsp3) is 0.368. The summed E-state index contributed by atoms with van der Waals surface area (Å²) in [6.07, 6.45) is 2.10. The van der Waals surface area contributed by atoms with Crippen molar-refractivity contribution in [2.45, 2.75) is 30.9 Å². The first kappa shape index (κ1) is 21.4. The summed E-state index contributed by atoms with van der Waals surface area (Å²) in [4.78, 5) is 16.7. The number of aromatic nitrogens is 1. The Hall–Kier alpha value is -1.90. The molecule has 6 nitrogen and oxygen atoms in total. The lowest BCUT2D eigenvalue weighted by molar-refractivity contribution is -0.115. The van der Waals surface area contributed by atoms with E-state index in [1.807, 2.05) is 32.0 Å². The topological polar surface area (TPSA) is 79.4 Å². The second-order valence-corrected chi connectivity index (χ2v) is 9.63. The first-order valence-corrected chi connectivity index (χ1v) is 11.1. The average Bonchev–Trinajstić information content (AvgIpc) is 2.63. The van der Waals surface area contributed by atoms with E-state index in [0.29, 0.717) is 17.9 Å². The zero-order valence-corrected chi connectivity index (χ0v) is 17.7. The molecule has 0 atom stereocenters. The van der Waals surface area contributed by atoms with E-state index in [4.69, 9.17) is 0 Å². The third kappa shape index (κ3) is 5.79. The summed E-state index contributed by atoms with van der Waals surface area (Å²) in [5.41, 5.74) is 3.20. The predicted octanol–water partition coefficient (Wildman–Crippen LogP) is 3.21. The number of nitrogens with one attached hydrogen (secondary N) is 1. The maximum atomic E-state index is 12.4. The molecule has 0 saturated heterocycles. The number of hydrogen-bond donors (Lipinski definition) is 1. The number of aryl methyl sites for hydroxylation is 1. The van der Waals surface area contributed by atoms with E-state index in [1.165, 1.54) is 20.2 Å². The molecule has 146 valence electrons. The van der Waals surface area contributed by atoms with Crippen molar-refractivity contribution in [2.24, 2.45) is 0 Å². The zero-order chi connectivity index (χ0) is 20.0. The van der Waals surface area contributed by atoms with Crippen molar-refractivity contribution in [3.8, 4) is 0 Å². The zero-order valence-electron chi connectivity index (χ0n) is 16.0. The van der Waals surface area contributed by atoms with Gasteiger partial charge in [0, 0.05) is 43.9 Å². The Morgan fingerprint density at radius 1 is 1.22 bits per heavy atom. The van der Waals surface area contributed by atoms with Gasteiger partial charge in [-0.2, -0.15) is 11.8 Å². The molecular formula is C19H25N3O3S2. The summed E-state index contributed by atoms with van der Waals surface area (Å²) in [6, 6.07) is 8.92. The minimum Gasteiger partial charge on any atom is -0.326 e. The smallest absolute Gasteiger partial charge is 0.242 e. The minimum atomic E-state index is -3.56. The van der Waals surface area contributed by atoms with Crippen LogP contribution >= 0.6 is 11.8 Å². The highest BCUT2D eigenvalue weighted by Crippen LogP contribution is 2.25. The van der Waals surface area contributed by atoms with Gasteiger partial charge < -0.3 is 5.32 Å². The van der Waals surface area contributed by atoms with Crippen LogP contribution < -0.4 is 5.32 Å². The van der Waals surface area contributed by atoms with Gasteiger partial charge in [0.05, 0.1) is 10.6 Å². The lowest BCUT2D eigenvalue weighted by Crippen LogP contribution is -2.23. The largest absolute Gasteiger partial charge is 0.326 e. The van der Waals surface area contributed by atoms with Gasteiger partial charge in [-0.1, -0.05) is 6.07 Å². The number of benzene rings is 1. The highest BCUT2D eigenvalue weighted by atomic mass is 32.2. The van der Waals surface area contributed by atoms with Gasteiger partial charge in [0.2, 0.25) is 15.9 Å². The number of hydrogen-bond acceptors (Lipinski definition) is 5. The predicted molar refractivity (Wildman–Crippen MR) is 110 cm³/mol. The summed E-state index contributed by atoms with van der Waals surface area (Å²) >= 11 is 1.64. The van der Waals surface area contributed by atoms with Crippen LogP contribution in [-0.2, 0) is 20.6 Å². The Morgan fingerprint density at radius 2 is 1.96 bits per heavy atom. The molecule has 0 fully saturated rings. The third-order valence-corrected chi connectivity index (χ3v) is 6.93. The van der Waals surface area contributed by atoms with E-state index >= 15 is 0 Å². The summed E-state index contributed by atoms with van der Waals surface area (Å²) in [6.45, 7) is 3.70. The number of thioether (sulfide) groups is 1. The Kier molecular flexibility index (Phi) is 7.41. The van der Waals surface area contributed by atoms with Crippen LogP contribution in [0.2, 0.25) is 0 Å². The second kappa shape index (κ2) is 9.34. The lowest BCUT2D eigenvalue weighted by Gasteiger charge is -2.16. The number of anilines is 1. The van der Waals surface area contributed by atoms with E-state index in [9.17, 15) is 13.2 Å². The third-order valence-electron chi connectivity index (χ3n) is 4.14. The van der Waals surface area contributed by atoms with Gasteiger partial charge in [0.1, 0.15) is 0 Å². The van der Waals surface area contributed by atoms with Gasteiger partial charge >= 0.3 is 0 Å². The number of nitrogens with zero attached hydrogens (tertiary/aromatic N) is 2. The average molecular weight is 408 g/mol. The van der Waals surface area contributed by atoms with Gasteiger partial charge in [0.25, 0.3) is 0 Å². The first-order chi connectivity index (χ1) is 12.7. The molecule has 1 amide bonds. The standard InChI is InChI=1S/C19H25N3O3S2/c1-14-11-17(27(24,25)22(3)4)12-18(15(14)2)21-19(23)8-10-26-13-16-7-5-6-9-20-16/h5-7,9,11-12H,8,10,13H2,1-4H3,(H,21,23). The number of sulfonamides is 1. The van der Waals surface area contributed by atoms with Crippen LogP contribution in [0.25, 0.3) is 0 Å². The fourth-order valence-corrected chi connectivity index (χ4v) is 4.22. The second-order valence-electron chi connectivity index (χ2n) is 6.37. The Labute approximate surface area is 165 Å². The van der Waals surface area contributed by atoms with Crippen molar-refractivity contribution < 1.29 is 13.2 Å². The quantitative estimate of drug-likeness (QED) is 0.680. The van der Waals surface area contributed by atoms with E-state index in [0.717, 1.165) is 26.9 Å². The monoisotopic (exact) mass is 407 g/mol. The molecule has 0 saturated carbocycles. The van der Waals surface area contributed by atoms with E-state index in [1.54, 1.807) is 24.0 Å². The van der Waals surface area contributed by atoms with Gasteiger partial charge in [-0.05, 0) is 49.2 Å². The number of amides is 1. The normalized spacial score (nSPS) is 11.6. The van der Waals surface area contributed by atoms with Gasteiger partial charge in [-0.15, -0.1) is 0 Å². The maximum Gasteiger partial charge on any atom is 0.242 e. The van der Waals surface area contributed by atoms with Crippen LogP contribution in [0, 0.1) is 13.8 Å². The fourth-order valence-electron chi connectivity index (χ4n) is 2.35. The number of pyridine rings is 1. The summed E-state index contributed by atoms with van der Waals surface area (Å²) in [5.74, 6) is 1.28. The molecule has 1 N–H and O–H groups in total. The lowest BCUT2D eigenvalue weighted by atomic mass is 10.1. The molecule has 1 aromatic heterocycles. The molecular weight excluding hydrogens is 382 g/mol. The molecule has 0 bridgehead atoms. The van der Waals surface area contributed by atoms with E-state index < -0.39 is 10.0 Å². The SMILES string of the molecule is Cc1cc(S(=O)(=O)N(C)C)cc(NC(=O)CCSCc2ccccn2)c1C. The van der Waals surface area contributed by atoms with Crippen molar-refractivity contribution in [1.29, 1.82) is 0 Å². The van der Waals surface area contributed by atoms with E-state index in [-0.39, 0.29) is 10.8 Å². The van der Waals surface area contributed by atoms with Crippen molar-refractivity contribution in [2.75, 3.05) is 25.2 Å². The van der Waals surface area contributed by atoms with Crippen LogP contribution in [0.15, 0.2) is 41.4 Å². The molecule has 2 rings (SSSR count). The molecule has 27 heavy (non-hydrogen) atoms. The van der Waals surface area contributed by atoms with E-state index in [2.05, 4.69) is 10.3 Å². The van der Waals surface area contributed by atoms with Gasteiger partial charge in [0.15, 0.2) is 0 Å². The van der Waals surface area contributed by atoms with Crippen LogP contribution in [0.4, 0.5) is 5.69 Å². The molecule has 2 aromatic rings. The van der Waals surface area contributed by atoms with Crippen molar-refractivity contribution >= 4 is 33.4 Å². The molecule has 0 aliphatic rings. The number of carbonyl (C=O) groups is 1.